The molecule has 8 nitrogen and oxygen atoms in total. The van der Waals surface area contributed by atoms with Crippen LogP contribution >= 0.6 is 0 Å². The van der Waals surface area contributed by atoms with Crippen LogP contribution in [0.4, 0.5) is 8.78 Å². The number of para-hydroxylation sites is 1. The summed E-state index contributed by atoms with van der Waals surface area (Å²) in [5, 5.41) is 0. The van der Waals surface area contributed by atoms with Crippen molar-refractivity contribution in [3.05, 3.63) is 71.9 Å². The van der Waals surface area contributed by atoms with E-state index in [2.05, 4.69) is 9.88 Å². The maximum atomic E-state index is 15.3. The molecule has 0 aliphatic carbocycles. The van der Waals surface area contributed by atoms with Gasteiger partial charge in [0.25, 0.3) is 0 Å². The maximum Gasteiger partial charge on any atom is 0.161 e. The van der Waals surface area contributed by atoms with Crippen LogP contribution in [0.2, 0.25) is 0 Å². The molecule has 6 rings (SSSR count). The van der Waals surface area contributed by atoms with E-state index in [1.54, 1.807) is 13.3 Å². The first kappa shape index (κ1) is 29.4. The molecule has 43 heavy (non-hydrogen) atoms. The maximum absolute atomic E-state index is 15.3. The van der Waals surface area contributed by atoms with E-state index < -0.39 is 11.6 Å². The molecular formula is C33H36F2N4O4. The third-order valence-corrected chi connectivity index (χ3v) is 7.95. The van der Waals surface area contributed by atoms with Crippen molar-refractivity contribution < 1.29 is 27.7 Å². The average molecular weight is 591 g/mol. The van der Waals surface area contributed by atoms with Crippen LogP contribution in [0.3, 0.4) is 0 Å². The fourth-order valence-electron chi connectivity index (χ4n) is 5.54. The molecule has 0 spiro atoms. The first-order valence-electron chi connectivity index (χ1n) is 14.7. The molecule has 10 heteroatoms. The summed E-state index contributed by atoms with van der Waals surface area (Å²) in [7, 11) is 1.61. The molecule has 0 N–H and O–H groups in total. The van der Waals surface area contributed by atoms with Gasteiger partial charge >= 0.3 is 0 Å². The van der Waals surface area contributed by atoms with Gasteiger partial charge in [0.2, 0.25) is 0 Å². The number of nitrogens with zero attached hydrogens (tertiary/aromatic N) is 4. The molecule has 3 aromatic carbocycles. The highest BCUT2D eigenvalue weighted by atomic mass is 19.1. The molecular weight excluding hydrogens is 554 g/mol. The highest BCUT2D eigenvalue weighted by Crippen LogP contribution is 2.34. The number of fused-ring (bicyclic) bond motifs is 1. The number of hydrogen-bond donors (Lipinski definition) is 0. The largest absolute Gasteiger partial charge is 0.493 e. The van der Waals surface area contributed by atoms with Crippen LogP contribution in [0.15, 0.2) is 54.7 Å². The Morgan fingerprint density at radius 1 is 0.837 bits per heavy atom. The van der Waals surface area contributed by atoms with Gasteiger partial charge in [-0.15, -0.1) is 0 Å². The molecule has 226 valence electrons. The van der Waals surface area contributed by atoms with E-state index in [1.807, 2.05) is 41.3 Å². The van der Waals surface area contributed by atoms with E-state index >= 15 is 8.78 Å². The summed E-state index contributed by atoms with van der Waals surface area (Å²) in [5.41, 5.74) is 3.68. The zero-order chi connectivity index (χ0) is 29.6. The van der Waals surface area contributed by atoms with E-state index in [1.165, 1.54) is 12.1 Å². The normalized spacial score (nSPS) is 16.4. The molecule has 2 fully saturated rings. The fraction of sp³-hybridized carbons (Fsp3) is 0.394. The van der Waals surface area contributed by atoms with Crippen LogP contribution in [0.5, 0.6) is 11.5 Å². The Labute approximate surface area is 250 Å². The molecule has 2 saturated heterocycles. The number of ether oxygens (including phenoxy) is 4. The molecule has 0 atom stereocenters. The van der Waals surface area contributed by atoms with Crippen LogP contribution in [0.1, 0.15) is 12.0 Å². The van der Waals surface area contributed by atoms with E-state index in [0.717, 1.165) is 44.8 Å². The van der Waals surface area contributed by atoms with Crippen LogP contribution in [0, 0.1) is 11.6 Å². The van der Waals surface area contributed by atoms with E-state index in [4.69, 9.17) is 23.9 Å². The fourth-order valence-corrected chi connectivity index (χ4v) is 5.54. The van der Waals surface area contributed by atoms with Gasteiger partial charge < -0.3 is 18.9 Å². The minimum absolute atomic E-state index is 0.0631. The van der Waals surface area contributed by atoms with Gasteiger partial charge in [-0.25, -0.2) is 13.8 Å². The molecule has 0 radical (unpaired) electrons. The van der Waals surface area contributed by atoms with E-state index in [-0.39, 0.29) is 12.1 Å². The van der Waals surface area contributed by atoms with Crippen LogP contribution in [-0.2, 0) is 16.0 Å². The van der Waals surface area contributed by atoms with Crippen LogP contribution < -0.4 is 9.47 Å². The molecule has 2 aliphatic rings. The third kappa shape index (κ3) is 6.94. The lowest BCUT2D eigenvalue weighted by atomic mass is 10.0. The predicted molar refractivity (Wildman–Crippen MR) is 160 cm³/mol. The quantitative estimate of drug-likeness (QED) is 0.234. The second kappa shape index (κ2) is 13.7. The topological polar surface area (TPSA) is 69.2 Å². The van der Waals surface area contributed by atoms with Gasteiger partial charge in [0.15, 0.2) is 11.5 Å². The zero-order valence-electron chi connectivity index (χ0n) is 24.4. The number of morpholine rings is 2. The van der Waals surface area contributed by atoms with E-state index in [0.29, 0.717) is 72.3 Å². The molecule has 0 saturated carbocycles. The second-order valence-corrected chi connectivity index (χ2v) is 10.8. The Balaban J connectivity index is 1.22. The van der Waals surface area contributed by atoms with Crippen molar-refractivity contribution in [1.82, 2.24) is 19.8 Å². The van der Waals surface area contributed by atoms with Crippen molar-refractivity contribution in [1.29, 1.82) is 0 Å². The Morgan fingerprint density at radius 2 is 1.56 bits per heavy atom. The van der Waals surface area contributed by atoms with Gasteiger partial charge in [-0.2, -0.15) is 0 Å². The second-order valence-electron chi connectivity index (χ2n) is 10.8. The SMILES string of the molecule is COc1cc(-c2cnc3cccc(-c4cc(F)c(CN5CCOCC5)c(F)c4)c3n2)ccc1OCCCN1CCOCC1. The number of hydrogen-bond acceptors (Lipinski definition) is 8. The smallest absolute Gasteiger partial charge is 0.161 e. The summed E-state index contributed by atoms with van der Waals surface area (Å²) in [4.78, 5) is 13.9. The lowest BCUT2D eigenvalue weighted by Crippen LogP contribution is -2.37. The first-order valence-corrected chi connectivity index (χ1v) is 14.7. The lowest BCUT2D eigenvalue weighted by Gasteiger charge is -2.27. The van der Waals surface area contributed by atoms with Crippen molar-refractivity contribution >= 4 is 11.0 Å². The van der Waals surface area contributed by atoms with Gasteiger partial charge in [0.1, 0.15) is 11.6 Å². The number of methoxy groups -OCH3 is 1. The summed E-state index contributed by atoms with van der Waals surface area (Å²) in [5.74, 6) is 0.102. The van der Waals surface area contributed by atoms with Crippen molar-refractivity contribution in [2.75, 3.05) is 72.9 Å². The zero-order valence-corrected chi connectivity index (χ0v) is 24.4. The van der Waals surface area contributed by atoms with Gasteiger partial charge in [0.05, 0.1) is 63.1 Å². The molecule has 4 aromatic rings. The standard InChI is InChI=1S/C33H36F2N4O4/c1-40-32-20-23(6-7-31(32)43-13-3-8-38-9-14-41-15-10-38)30-21-36-29-5-2-4-25(33(29)37-30)24-18-27(34)26(28(35)19-24)22-39-11-16-42-17-12-39/h2,4-7,18-21H,3,8-17,22H2,1H3. The summed E-state index contributed by atoms with van der Waals surface area (Å²) < 4.78 is 52.9. The molecule has 0 unspecified atom stereocenters. The number of benzene rings is 3. The third-order valence-electron chi connectivity index (χ3n) is 7.95. The molecule has 1 aromatic heterocycles. The van der Waals surface area contributed by atoms with Crippen molar-refractivity contribution in [2.45, 2.75) is 13.0 Å². The number of rotatable bonds is 10. The average Bonchev–Trinajstić information content (AvgIpc) is 3.05. The van der Waals surface area contributed by atoms with Crippen molar-refractivity contribution in [3.63, 3.8) is 0 Å². The van der Waals surface area contributed by atoms with E-state index in [9.17, 15) is 0 Å². The Hall–Kier alpha value is -3.70. The molecule has 3 heterocycles. The van der Waals surface area contributed by atoms with Gasteiger partial charge in [-0.3, -0.25) is 14.8 Å². The first-order chi connectivity index (χ1) is 21.1. The highest BCUT2D eigenvalue weighted by molar-refractivity contribution is 5.92. The predicted octanol–water partition coefficient (Wildman–Crippen LogP) is 5.18. The molecule has 2 aliphatic heterocycles. The molecule has 0 amide bonds. The number of aromatic nitrogens is 2. The summed E-state index contributed by atoms with van der Waals surface area (Å²) in [6.45, 7) is 7.64. The monoisotopic (exact) mass is 590 g/mol. The van der Waals surface area contributed by atoms with Crippen LogP contribution in [0.25, 0.3) is 33.4 Å². The highest BCUT2D eigenvalue weighted by Gasteiger charge is 2.19. The lowest BCUT2D eigenvalue weighted by molar-refractivity contribution is 0.0332. The van der Waals surface area contributed by atoms with Gasteiger partial charge in [-0.1, -0.05) is 12.1 Å². The molecule has 0 bridgehead atoms. The van der Waals surface area contributed by atoms with Crippen molar-refractivity contribution in [2.24, 2.45) is 0 Å². The minimum atomic E-state index is -0.576. The summed E-state index contributed by atoms with van der Waals surface area (Å²) in [6, 6.07) is 13.9. The van der Waals surface area contributed by atoms with Gasteiger partial charge in [0, 0.05) is 56.0 Å². The Morgan fingerprint density at radius 3 is 2.28 bits per heavy atom. The minimum Gasteiger partial charge on any atom is -0.493 e. The summed E-state index contributed by atoms with van der Waals surface area (Å²) >= 11 is 0. The summed E-state index contributed by atoms with van der Waals surface area (Å²) in [6.07, 6.45) is 2.59. The van der Waals surface area contributed by atoms with Gasteiger partial charge in [-0.05, 0) is 48.4 Å². The number of halogens is 2. The Bertz CT molecular complexity index is 1530. The van der Waals surface area contributed by atoms with Crippen molar-refractivity contribution in [3.8, 4) is 33.9 Å². The van der Waals surface area contributed by atoms with Crippen LogP contribution in [-0.4, -0.2) is 92.6 Å². The Kier molecular flexibility index (Phi) is 9.38.